The SMILES string of the molecule is COC(=O)Oc1cc(Br)sc1NC(=O)OC(C)(C)C. The fraction of sp³-hybridized carbons (Fsp3) is 0.455. The monoisotopic (exact) mass is 351 g/mol. The summed E-state index contributed by atoms with van der Waals surface area (Å²) < 4.78 is 15.1. The molecule has 8 heteroatoms. The number of hydrogen-bond acceptors (Lipinski definition) is 6. The van der Waals surface area contributed by atoms with E-state index in [9.17, 15) is 9.59 Å². The van der Waals surface area contributed by atoms with Gasteiger partial charge in [0.25, 0.3) is 0 Å². The third-order valence-electron chi connectivity index (χ3n) is 1.64. The van der Waals surface area contributed by atoms with Crippen molar-refractivity contribution in [1.29, 1.82) is 0 Å². The van der Waals surface area contributed by atoms with Crippen molar-refractivity contribution in [1.82, 2.24) is 0 Å². The molecule has 0 spiro atoms. The first-order valence-corrected chi connectivity index (χ1v) is 6.87. The van der Waals surface area contributed by atoms with Crippen LogP contribution in [0.1, 0.15) is 20.8 Å². The van der Waals surface area contributed by atoms with Crippen LogP contribution in [0, 0.1) is 0 Å². The van der Waals surface area contributed by atoms with Gasteiger partial charge >= 0.3 is 12.2 Å². The Hall–Kier alpha value is -1.28. The van der Waals surface area contributed by atoms with Crippen LogP contribution < -0.4 is 10.1 Å². The molecule has 0 aliphatic carbocycles. The quantitative estimate of drug-likeness (QED) is 0.815. The van der Waals surface area contributed by atoms with Gasteiger partial charge in [0.05, 0.1) is 10.9 Å². The molecule has 0 fully saturated rings. The largest absolute Gasteiger partial charge is 0.513 e. The first-order chi connectivity index (χ1) is 8.71. The Labute approximate surface area is 123 Å². The standard InChI is InChI=1S/C11H14BrNO5S/c1-11(2,3)18-9(14)13-8-6(5-7(12)19-8)17-10(15)16-4/h5H,1-4H3,(H,13,14). The highest BCUT2D eigenvalue weighted by molar-refractivity contribution is 9.11. The lowest BCUT2D eigenvalue weighted by Gasteiger charge is -2.19. The molecule has 106 valence electrons. The van der Waals surface area contributed by atoms with Crippen molar-refractivity contribution < 1.29 is 23.8 Å². The van der Waals surface area contributed by atoms with Crippen molar-refractivity contribution in [2.45, 2.75) is 26.4 Å². The van der Waals surface area contributed by atoms with Gasteiger partial charge in [0.1, 0.15) is 10.6 Å². The van der Waals surface area contributed by atoms with E-state index < -0.39 is 17.8 Å². The molecule has 1 aromatic heterocycles. The number of hydrogen-bond donors (Lipinski definition) is 1. The minimum atomic E-state index is -0.863. The molecule has 0 bridgehead atoms. The molecule has 0 unspecified atom stereocenters. The van der Waals surface area contributed by atoms with Gasteiger partial charge in [-0.25, -0.2) is 9.59 Å². The maximum Gasteiger partial charge on any atom is 0.513 e. The van der Waals surface area contributed by atoms with E-state index in [1.54, 1.807) is 26.8 Å². The van der Waals surface area contributed by atoms with Crippen LogP contribution in [0.2, 0.25) is 0 Å². The minimum absolute atomic E-state index is 0.189. The predicted octanol–water partition coefficient (Wildman–Crippen LogP) is 4.00. The van der Waals surface area contributed by atoms with Gasteiger partial charge in [0, 0.05) is 6.07 Å². The lowest BCUT2D eigenvalue weighted by atomic mass is 10.2. The predicted molar refractivity (Wildman–Crippen MR) is 74.9 cm³/mol. The van der Waals surface area contributed by atoms with Gasteiger partial charge in [-0.1, -0.05) is 0 Å². The van der Waals surface area contributed by atoms with Gasteiger partial charge in [-0.15, -0.1) is 11.3 Å². The molecule has 0 saturated heterocycles. The van der Waals surface area contributed by atoms with Gasteiger partial charge in [-0.2, -0.15) is 0 Å². The fourth-order valence-electron chi connectivity index (χ4n) is 1.04. The average Bonchev–Trinajstić information content (AvgIpc) is 2.55. The second-order valence-corrected chi connectivity index (χ2v) is 6.86. The number of carbonyl (C=O) groups is 2. The third kappa shape index (κ3) is 5.48. The number of methoxy groups -OCH3 is 1. The Morgan fingerprint density at radius 3 is 2.53 bits per heavy atom. The molecule has 1 aromatic rings. The van der Waals surface area contributed by atoms with Crippen molar-refractivity contribution in [3.05, 3.63) is 9.85 Å². The number of anilines is 1. The zero-order valence-electron chi connectivity index (χ0n) is 10.9. The highest BCUT2D eigenvalue weighted by Gasteiger charge is 2.20. The molecular formula is C11H14BrNO5S. The van der Waals surface area contributed by atoms with E-state index in [0.29, 0.717) is 8.79 Å². The molecule has 0 aromatic carbocycles. The van der Waals surface area contributed by atoms with Crippen molar-refractivity contribution in [3.63, 3.8) is 0 Å². The van der Waals surface area contributed by atoms with E-state index in [1.807, 2.05) is 0 Å². The molecule has 0 atom stereocenters. The van der Waals surface area contributed by atoms with Gasteiger partial charge in [-0.05, 0) is 36.7 Å². The lowest BCUT2D eigenvalue weighted by molar-refractivity contribution is 0.0635. The number of rotatable bonds is 2. The maximum absolute atomic E-state index is 11.6. The van der Waals surface area contributed by atoms with Crippen LogP contribution in [0.3, 0.4) is 0 Å². The smallest absolute Gasteiger partial charge is 0.444 e. The molecule has 6 nitrogen and oxygen atoms in total. The molecular weight excluding hydrogens is 338 g/mol. The fourth-order valence-corrected chi connectivity index (χ4v) is 2.43. The van der Waals surface area contributed by atoms with Crippen LogP contribution in [-0.2, 0) is 9.47 Å². The summed E-state index contributed by atoms with van der Waals surface area (Å²) in [5.41, 5.74) is -0.609. The van der Waals surface area contributed by atoms with Crippen molar-refractivity contribution in [2.75, 3.05) is 12.4 Å². The third-order valence-corrected chi connectivity index (χ3v) is 3.18. The summed E-state index contributed by atoms with van der Waals surface area (Å²) in [4.78, 5) is 22.7. The van der Waals surface area contributed by atoms with E-state index >= 15 is 0 Å². The molecule has 1 N–H and O–H groups in total. The van der Waals surface area contributed by atoms with E-state index in [-0.39, 0.29) is 5.75 Å². The summed E-state index contributed by atoms with van der Waals surface area (Å²) in [7, 11) is 1.20. The Morgan fingerprint density at radius 2 is 2.00 bits per heavy atom. The second-order valence-electron chi connectivity index (χ2n) is 4.43. The lowest BCUT2D eigenvalue weighted by Crippen LogP contribution is -2.27. The Kier molecular flexibility index (Phi) is 5.19. The van der Waals surface area contributed by atoms with Crippen molar-refractivity contribution in [2.24, 2.45) is 0 Å². The number of ether oxygens (including phenoxy) is 3. The molecule has 1 amide bonds. The number of nitrogens with one attached hydrogen (secondary N) is 1. The zero-order chi connectivity index (χ0) is 14.6. The van der Waals surface area contributed by atoms with Crippen molar-refractivity contribution in [3.8, 4) is 5.75 Å². The normalized spacial score (nSPS) is 10.8. The molecule has 0 aliphatic rings. The summed E-state index contributed by atoms with van der Waals surface area (Å²) >= 11 is 4.43. The minimum Gasteiger partial charge on any atom is -0.444 e. The Balaban J connectivity index is 2.77. The van der Waals surface area contributed by atoms with Crippen LogP contribution >= 0.6 is 27.3 Å². The first kappa shape index (κ1) is 15.8. The number of amides is 1. The summed E-state index contributed by atoms with van der Waals surface area (Å²) in [5.74, 6) is 0.189. The van der Waals surface area contributed by atoms with Gasteiger partial charge < -0.3 is 14.2 Å². The molecule has 0 aliphatic heterocycles. The second kappa shape index (κ2) is 6.25. The van der Waals surface area contributed by atoms with Crippen LogP contribution in [0.25, 0.3) is 0 Å². The van der Waals surface area contributed by atoms with Crippen molar-refractivity contribution >= 4 is 44.5 Å². The molecule has 19 heavy (non-hydrogen) atoms. The first-order valence-electron chi connectivity index (χ1n) is 5.26. The molecule has 0 radical (unpaired) electrons. The van der Waals surface area contributed by atoms with Gasteiger partial charge in [0.2, 0.25) is 0 Å². The van der Waals surface area contributed by atoms with Gasteiger partial charge in [-0.3, -0.25) is 5.32 Å². The molecule has 0 saturated carbocycles. The van der Waals surface area contributed by atoms with Crippen LogP contribution in [0.5, 0.6) is 5.75 Å². The number of thiophene rings is 1. The summed E-state index contributed by atoms with van der Waals surface area (Å²) in [6.45, 7) is 5.26. The highest BCUT2D eigenvalue weighted by Crippen LogP contribution is 2.38. The van der Waals surface area contributed by atoms with Crippen LogP contribution in [0.15, 0.2) is 9.85 Å². The van der Waals surface area contributed by atoms with Crippen LogP contribution in [0.4, 0.5) is 14.6 Å². The topological polar surface area (TPSA) is 73.9 Å². The summed E-state index contributed by atoms with van der Waals surface area (Å²) in [5, 5.41) is 2.87. The Morgan fingerprint density at radius 1 is 1.37 bits per heavy atom. The zero-order valence-corrected chi connectivity index (χ0v) is 13.3. The summed E-state index contributed by atoms with van der Waals surface area (Å²) in [6.07, 6.45) is -1.49. The highest BCUT2D eigenvalue weighted by atomic mass is 79.9. The molecule has 1 rings (SSSR count). The van der Waals surface area contributed by atoms with E-state index in [0.717, 1.165) is 0 Å². The summed E-state index contributed by atoms with van der Waals surface area (Å²) in [6, 6.07) is 1.55. The van der Waals surface area contributed by atoms with Crippen LogP contribution in [-0.4, -0.2) is 25.0 Å². The average molecular weight is 352 g/mol. The maximum atomic E-state index is 11.6. The van der Waals surface area contributed by atoms with E-state index in [4.69, 9.17) is 9.47 Å². The number of halogens is 1. The Bertz CT molecular complexity index is 480. The van der Waals surface area contributed by atoms with E-state index in [2.05, 4.69) is 26.0 Å². The van der Waals surface area contributed by atoms with Gasteiger partial charge in [0.15, 0.2) is 5.75 Å². The molecule has 1 heterocycles. The number of carbonyl (C=O) groups excluding carboxylic acids is 2. The van der Waals surface area contributed by atoms with E-state index in [1.165, 1.54) is 18.4 Å².